The zero-order valence-corrected chi connectivity index (χ0v) is 8.75. The molecule has 0 aliphatic rings. The molecule has 0 saturated heterocycles. The van der Waals surface area contributed by atoms with Crippen LogP contribution in [0.2, 0.25) is 0 Å². The van der Waals surface area contributed by atoms with E-state index in [0.29, 0.717) is 13.0 Å². The van der Waals surface area contributed by atoms with Crippen molar-refractivity contribution in [2.24, 2.45) is 0 Å². The van der Waals surface area contributed by atoms with Crippen molar-refractivity contribution in [2.75, 3.05) is 6.54 Å². The van der Waals surface area contributed by atoms with E-state index in [1.165, 1.54) is 0 Å². The van der Waals surface area contributed by atoms with Crippen molar-refractivity contribution < 1.29 is 13.2 Å². The van der Waals surface area contributed by atoms with Crippen molar-refractivity contribution in [2.45, 2.75) is 45.3 Å². The number of hydrogen-bond donors (Lipinski definition) is 1. The summed E-state index contributed by atoms with van der Waals surface area (Å²) in [4.78, 5) is 0. The maximum Gasteiger partial charge on any atom is 0.389 e. The first-order valence-electron chi connectivity index (χ1n) is 4.79. The Bertz CT molecular complexity index is 175. The Morgan fingerprint density at radius 1 is 1.43 bits per heavy atom. The first-order chi connectivity index (χ1) is 6.35. The van der Waals surface area contributed by atoms with E-state index >= 15 is 0 Å². The molecule has 0 saturated carbocycles. The van der Waals surface area contributed by atoms with Gasteiger partial charge in [0.15, 0.2) is 0 Å². The van der Waals surface area contributed by atoms with E-state index in [1.54, 1.807) is 0 Å². The van der Waals surface area contributed by atoms with Gasteiger partial charge in [0, 0.05) is 12.5 Å². The molecular weight excluding hydrogens is 191 g/mol. The topological polar surface area (TPSA) is 12.0 Å². The molecule has 14 heavy (non-hydrogen) atoms. The van der Waals surface area contributed by atoms with Gasteiger partial charge in [0.2, 0.25) is 0 Å². The van der Waals surface area contributed by atoms with E-state index in [4.69, 9.17) is 0 Å². The summed E-state index contributed by atoms with van der Waals surface area (Å²) in [6, 6.07) is -0.0980. The fourth-order valence-corrected chi connectivity index (χ4v) is 1.32. The van der Waals surface area contributed by atoms with Crippen LogP contribution in [0.25, 0.3) is 0 Å². The second-order valence-corrected chi connectivity index (χ2v) is 3.57. The molecule has 1 N–H and O–H groups in total. The molecule has 0 fully saturated rings. The number of nitrogens with one attached hydrogen (secondary N) is 1. The predicted molar refractivity (Wildman–Crippen MR) is 52.2 cm³/mol. The van der Waals surface area contributed by atoms with Crippen LogP contribution < -0.4 is 5.32 Å². The standard InChI is InChI=1S/C10H18F3N/c1-4-14-9(7-8(2)3)5-6-10(11,12)13/h9,14H,2,4-7H2,1,3H3. The minimum absolute atomic E-state index is 0.0980. The molecule has 0 aliphatic carbocycles. The lowest BCUT2D eigenvalue weighted by atomic mass is 10.0. The molecule has 1 nitrogen and oxygen atoms in total. The molecule has 1 atom stereocenters. The minimum Gasteiger partial charge on any atom is -0.314 e. The highest BCUT2D eigenvalue weighted by molar-refractivity contribution is 4.92. The van der Waals surface area contributed by atoms with Crippen molar-refractivity contribution in [1.82, 2.24) is 5.32 Å². The highest BCUT2D eigenvalue weighted by Gasteiger charge is 2.27. The van der Waals surface area contributed by atoms with Crippen LogP contribution in [0, 0.1) is 0 Å². The van der Waals surface area contributed by atoms with Crippen molar-refractivity contribution in [3.63, 3.8) is 0 Å². The Labute approximate surface area is 83.4 Å². The highest BCUT2D eigenvalue weighted by atomic mass is 19.4. The number of halogens is 3. The maximum absolute atomic E-state index is 11.9. The SMILES string of the molecule is C=C(C)CC(CCC(F)(F)F)NCC. The fraction of sp³-hybridized carbons (Fsp3) is 0.800. The van der Waals surface area contributed by atoms with Crippen molar-refractivity contribution in [1.29, 1.82) is 0 Å². The Hall–Kier alpha value is -0.510. The zero-order valence-electron chi connectivity index (χ0n) is 8.75. The molecule has 0 spiro atoms. The molecule has 0 bridgehead atoms. The molecule has 0 aromatic rings. The quantitative estimate of drug-likeness (QED) is 0.662. The average molecular weight is 209 g/mol. The van der Waals surface area contributed by atoms with E-state index in [9.17, 15) is 13.2 Å². The summed E-state index contributed by atoms with van der Waals surface area (Å²) in [7, 11) is 0. The van der Waals surface area contributed by atoms with Crippen LogP contribution in [-0.2, 0) is 0 Å². The summed E-state index contributed by atoms with van der Waals surface area (Å²) in [5.74, 6) is 0. The van der Waals surface area contributed by atoms with E-state index in [1.807, 2.05) is 13.8 Å². The fourth-order valence-electron chi connectivity index (χ4n) is 1.32. The smallest absolute Gasteiger partial charge is 0.314 e. The van der Waals surface area contributed by atoms with Crippen LogP contribution in [0.15, 0.2) is 12.2 Å². The van der Waals surface area contributed by atoms with E-state index in [0.717, 1.165) is 5.57 Å². The second kappa shape index (κ2) is 6.06. The zero-order chi connectivity index (χ0) is 11.2. The molecule has 1 unspecified atom stereocenters. The molecule has 4 heteroatoms. The van der Waals surface area contributed by atoms with Crippen LogP contribution >= 0.6 is 0 Å². The Kier molecular flexibility index (Phi) is 5.84. The summed E-state index contributed by atoms with van der Waals surface area (Å²) in [6.07, 6.45) is -4.03. The lowest BCUT2D eigenvalue weighted by Crippen LogP contribution is -2.30. The van der Waals surface area contributed by atoms with Crippen molar-refractivity contribution in [3.8, 4) is 0 Å². The molecule has 84 valence electrons. The van der Waals surface area contributed by atoms with Crippen LogP contribution in [0.4, 0.5) is 13.2 Å². The summed E-state index contributed by atoms with van der Waals surface area (Å²) < 4.78 is 35.8. The van der Waals surface area contributed by atoms with Gasteiger partial charge in [-0.05, 0) is 26.3 Å². The molecule has 0 aromatic heterocycles. The first kappa shape index (κ1) is 13.5. The van der Waals surface area contributed by atoms with E-state index in [2.05, 4.69) is 11.9 Å². The van der Waals surface area contributed by atoms with Gasteiger partial charge in [-0.1, -0.05) is 12.5 Å². The average Bonchev–Trinajstić information content (AvgIpc) is 1.98. The molecule has 0 rings (SSSR count). The Balaban J connectivity index is 3.90. The van der Waals surface area contributed by atoms with E-state index < -0.39 is 12.6 Å². The van der Waals surface area contributed by atoms with Gasteiger partial charge in [0.1, 0.15) is 0 Å². The summed E-state index contributed by atoms with van der Waals surface area (Å²) in [6.45, 7) is 8.11. The van der Waals surface area contributed by atoms with Crippen LogP contribution in [0.1, 0.15) is 33.1 Å². The monoisotopic (exact) mass is 209 g/mol. The van der Waals surface area contributed by atoms with Gasteiger partial charge in [-0.3, -0.25) is 0 Å². The second-order valence-electron chi connectivity index (χ2n) is 3.57. The lowest BCUT2D eigenvalue weighted by molar-refractivity contribution is -0.136. The molecular formula is C10H18F3N. The van der Waals surface area contributed by atoms with Gasteiger partial charge < -0.3 is 5.32 Å². The maximum atomic E-state index is 11.9. The molecule has 0 aromatic carbocycles. The van der Waals surface area contributed by atoms with Crippen molar-refractivity contribution in [3.05, 3.63) is 12.2 Å². The molecule has 0 radical (unpaired) electrons. The largest absolute Gasteiger partial charge is 0.389 e. The predicted octanol–water partition coefficient (Wildman–Crippen LogP) is 3.27. The summed E-state index contributed by atoms with van der Waals surface area (Å²) in [5.41, 5.74) is 0.915. The number of hydrogen-bond acceptors (Lipinski definition) is 1. The Morgan fingerprint density at radius 3 is 2.36 bits per heavy atom. The number of alkyl halides is 3. The summed E-state index contributed by atoms with van der Waals surface area (Å²) in [5, 5.41) is 3.03. The molecule has 0 amide bonds. The van der Waals surface area contributed by atoms with Gasteiger partial charge in [0.05, 0.1) is 0 Å². The van der Waals surface area contributed by atoms with Crippen molar-refractivity contribution >= 4 is 0 Å². The molecule has 0 heterocycles. The summed E-state index contributed by atoms with van der Waals surface area (Å²) >= 11 is 0. The third-order valence-corrected chi connectivity index (χ3v) is 1.86. The van der Waals surface area contributed by atoms with E-state index in [-0.39, 0.29) is 12.5 Å². The normalized spacial score (nSPS) is 14.1. The highest BCUT2D eigenvalue weighted by Crippen LogP contribution is 2.23. The van der Waals surface area contributed by atoms with Gasteiger partial charge in [0.25, 0.3) is 0 Å². The third-order valence-electron chi connectivity index (χ3n) is 1.86. The van der Waals surface area contributed by atoms with Gasteiger partial charge in [-0.2, -0.15) is 13.2 Å². The van der Waals surface area contributed by atoms with Crippen LogP contribution in [0.3, 0.4) is 0 Å². The minimum atomic E-state index is -4.05. The van der Waals surface area contributed by atoms with Gasteiger partial charge >= 0.3 is 6.18 Å². The molecule has 0 aliphatic heterocycles. The van der Waals surface area contributed by atoms with Crippen LogP contribution in [0.5, 0.6) is 0 Å². The Morgan fingerprint density at radius 2 is 2.00 bits per heavy atom. The van der Waals surface area contributed by atoms with Crippen LogP contribution in [-0.4, -0.2) is 18.8 Å². The van der Waals surface area contributed by atoms with Gasteiger partial charge in [-0.15, -0.1) is 6.58 Å². The van der Waals surface area contributed by atoms with Gasteiger partial charge in [-0.25, -0.2) is 0 Å². The lowest BCUT2D eigenvalue weighted by Gasteiger charge is -2.18. The number of rotatable bonds is 6. The first-order valence-corrected chi connectivity index (χ1v) is 4.79. The third kappa shape index (κ3) is 8.10.